The lowest BCUT2D eigenvalue weighted by Crippen LogP contribution is -2.36. The second kappa shape index (κ2) is 11.0. The van der Waals surface area contributed by atoms with Crippen LogP contribution in [0.5, 0.6) is 0 Å². The standard InChI is InChI=1S/C30H31F4N5O3/c31-25-15-19(29(41)42-35)7-8-26(25)37-13-10-21(11-14-37)39-27(18-5-6-18)23(16-36-39)28(40)38-12-9-20(17-38)22-3-1-2-4-24(22)30(32,33)34/h1-4,7-8,15-16,18,20-21H,5-6,9-14,17,35H2. The Balaban J connectivity index is 1.16. The van der Waals surface area contributed by atoms with E-state index in [0.29, 0.717) is 50.1 Å². The molecule has 3 heterocycles. The Morgan fingerprint density at radius 3 is 2.36 bits per heavy atom. The predicted molar refractivity (Wildman–Crippen MR) is 145 cm³/mol. The van der Waals surface area contributed by atoms with Crippen LogP contribution in [-0.4, -0.2) is 52.7 Å². The van der Waals surface area contributed by atoms with E-state index in [1.807, 2.05) is 9.58 Å². The fourth-order valence-corrected chi connectivity index (χ4v) is 6.38. The minimum Gasteiger partial charge on any atom is -0.370 e. The predicted octanol–water partition coefficient (Wildman–Crippen LogP) is 5.42. The first-order chi connectivity index (χ1) is 20.2. The van der Waals surface area contributed by atoms with E-state index in [2.05, 4.69) is 9.94 Å². The lowest BCUT2D eigenvalue weighted by molar-refractivity contribution is -0.138. The molecule has 1 aromatic heterocycles. The maximum Gasteiger partial charge on any atom is 0.416 e. The van der Waals surface area contributed by atoms with Crippen molar-refractivity contribution in [2.75, 3.05) is 31.1 Å². The number of likely N-dealkylation sites (tertiary alicyclic amines) is 1. The summed E-state index contributed by atoms with van der Waals surface area (Å²) >= 11 is 0. The number of piperidine rings is 1. The van der Waals surface area contributed by atoms with Crippen molar-refractivity contribution in [1.29, 1.82) is 0 Å². The number of carbonyl (C=O) groups is 2. The van der Waals surface area contributed by atoms with Gasteiger partial charge in [0.25, 0.3) is 5.91 Å². The van der Waals surface area contributed by atoms with Crippen LogP contribution in [0.1, 0.15) is 87.5 Å². The Kier molecular flexibility index (Phi) is 7.42. The van der Waals surface area contributed by atoms with E-state index in [4.69, 9.17) is 5.90 Å². The number of benzene rings is 2. The molecule has 2 aliphatic heterocycles. The number of rotatable bonds is 6. The molecule has 1 atom stereocenters. The Hall–Kier alpha value is -3.93. The monoisotopic (exact) mass is 585 g/mol. The molecule has 42 heavy (non-hydrogen) atoms. The van der Waals surface area contributed by atoms with E-state index in [0.717, 1.165) is 30.7 Å². The average molecular weight is 586 g/mol. The summed E-state index contributed by atoms with van der Waals surface area (Å²) in [5, 5.41) is 4.64. The van der Waals surface area contributed by atoms with Gasteiger partial charge in [0.2, 0.25) is 0 Å². The Morgan fingerprint density at radius 1 is 0.952 bits per heavy atom. The van der Waals surface area contributed by atoms with Gasteiger partial charge in [-0.05, 0) is 61.9 Å². The maximum atomic E-state index is 14.8. The van der Waals surface area contributed by atoms with Crippen molar-refractivity contribution in [3.8, 4) is 0 Å². The smallest absolute Gasteiger partial charge is 0.370 e. The van der Waals surface area contributed by atoms with Gasteiger partial charge >= 0.3 is 12.1 Å². The van der Waals surface area contributed by atoms with Gasteiger partial charge in [-0.2, -0.15) is 24.2 Å². The number of nitrogens with two attached hydrogens (primary N) is 1. The van der Waals surface area contributed by atoms with Crippen molar-refractivity contribution >= 4 is 17.6 Å². The van der Waals surface area contributed by atoms with Crippen molar-refractivity contribution in [2.45, 2.75) is 56.2 Å². The zero-order valence-electron chi connectivity index (χ0n) is 22.8. The van der Waals surface area contributed by atoms with Gasteiger partial charge in [-0.25, -0.2) is 9.18 Å². The fraction of sp³-hybridized carbons (Fsp3) is 0.433. The van der Waals surface area contributed by atoms with Crippen molar-refractivity contribution in [3.05, 3.63) is 82.4 Å². The van der Waals surface area contributed by atoms with E-state index in [9.17, 15) is 27.2 Å². The minimum absolute atomic E-state index is 0.0259. The van der Waals surface area contributed by atoms with Crippen LogP contribution in [0.2, 0.25) is 0 Å². The molecule has 2 saturated heterocycles. The first kappa shape index (κ1) is 28.2. The molecule has 1 saturated carbocycles. The quantitative estimate of drug-likeness (QED) is 0.307. The molecule has 3 fully saturated rings. The molecule has 2 N–H and O–H groups in total. The molecule has 0 radical (unpaired) electrons. The van der Waals surface area contributed by atoms with Crippen LogP contribution in [0.25, 0.3) is 0 Å². The normalized spacial score (nSPS) is 19.8. The maximum absolute atomic E-state index is 14.8. The van der Waals surface area contributed by atoms with Gasteiger partial charge in [0.15, 0.2) is 0 Å². The highest BCUT2D eigenvalue weighted by Crippen LogP contribution is 2.45. The summed E-state index contributed by atoms with van der Waals surface area (Å²) < 4.78 is 57.6. The summed E-state index contributed by atoms with van der Waals surface area (Å²) in [6.07, 6.45) is 0.896. The van der Waals surface area contributed by atoms with Crippen LogP contribution in [0.15, 0.2) is 48.7 Å². The minimum atomic E-state index is -4.45. The molecule has 1 aliphatic carbocycles. The van der Waals surface area contributed by atoms with Gasteiger partial charge in [0.05, 0.1) is 40.3 Å². The third-order valence-electron chi connectivity index (χ3n) is 8.65. The van der Waals surface area contributed by atoms with Crippen LogP contribution in [0.4, 0.5) is 23.2 Å². The summed E-state index contributed by atoms with van der Waals surface area (Å²) in [5.74, 6) is 3.20. The Labute approximate surface area is 240 Å². The summed E-state index contributed by atoms with van der Waals surface area (Å²) in [4.78, 5) is 33.0. The van der Waals surface area contributed by atoms with E-state index in [1.165, 1.54) is 18.2 Å². The molecule has 222 valence electrons. The molecule has 1 amide bonds. The lowest BCUT2D eigenvalue weighted by Gasteiger charge is -2.34. The molecule has 0 spiro atoms. The van der Waals surface area contributed by atoms with Gasteiger partial charge in [0, 0.05) is 38.0 Å². The molecule has 6 rings (SSSR count). The third kappa shape index (κ3) is 5.35. The van der Waals surface area contributed by atoms with Crippen molar-refractivity contribution in [1.82, 2.24) is 14.7 Å². The summed E-state index contributed by atoms with van der Waals surface area (Å²) in [6.45, 7) is 1.73. The van der Waals surface area contributed by atoms with Crippen molar-refractivity contribution < 1.29 is 32.0 Å². The summed E-state index contributed by atoms with van der Waals surface area (Å²) in [6, 6.07) is 9.75. The molecular weight excluding hydrogens is 554 g/mol. The van der Waals surface area contributed by atoms with Gasteiger partial charge < -0.3 is 14.6 Å². The molecular formula is C30H31F4N5O3. The van der Waals surface area contributed by atoms with Crippen molar-refractivity contribution in [2.24, 2.45) is 5.90 Å². The Bertz CT molecular complexity index is 1490. The molecule has 0 bridgehead atoms. The van der Waals surface area contributed by atoms with Crippen molar-refractivity contribution in [3.63, 3.8) is 0 Å². The average Bonchev–Trinajstić information content (AvgIpc) is 3.53. The molecule has 12 heteroatoms. The van der Waals surface area contributed by atoms with Gasteiger partial charge in [0.1, 0.15) is 5.82 Å². The Morgan fingerprint density at radius 2 is 1.69 bits per heavy atom. The van der Waals surface area contributed by atoms with Gasteiger partial charge in [-0.3, -0.25) is 9.48 Å². The zero-order valence-corrected chi connectivity index (χ0v) is 22.8. The van der Waals surface area contributed by atoms with E-state index in [1.54, 1.807) is 23.2 Å². The molecule has 8 nitrogen and oxygen atoms in total. The number of alkyl halides is 3. The summed E-state index contributed by atoms with van der Waals surface area (Å²) in [7, 11) is 0. The second-order valence-corrected chi connectivity index (χ2v) is 11.3. The highest BCUT2D eigenvalue weighted by atomic mass is 19.4. The number of hydrogen-bond donors (Lipinski definition) is 1. The number of halogens is 4. The number of nitrogens with zero attached hydrogens (tertiary/aromatic N) is 4. The number of aromatic nitrogens is 2. The molecule has 2 aromatic carbocycles. The van der Waals surface area contributed by atoms with Crippen LogP contribution in [-0.2, 0) is 11.0 Å². The zero-order chi connectivity index (χ0) is 29.6. The number of anilines is 1. The first-order valence-electron chi connectivity index (χ1n) is 14.1. The first-order valence-corrected chi connectivity index (χ1v) is 14.1. The number of hydrogen-bond acceptors (Lipinski definition) is 6. The molecule has 1 unspecified atom stereocenters. The largest absolute Gasteiger partial charge is 0.416 e. The van der Waals surface area contributed by atoms with Gasteiger partial charge in [-0.1, -0.05) is 18.2 Å². The third-order valence-corrected chi connectivity index (χ3v) is 8.65. The van der Waals surface area contributed by atoms with Crippen LogP contribution >= 0.6 is 0 Å². The van der Waals surface area contributed by atoms with E-state index < -0.39 is 23.5 Å². The van der Waals surface area contributed by atoms with Crippen LogP contribution < -0.4 is 10.8 Å². The fourth-order valence-electron chi connectivity index (χ4n) is 6.38. The highest BCUT2D eigenvalue weighted by molar-refractivity contribution is 5.95. The second-order valence-electron chi connectivity index (χ2n) is 11.3. The van der Waals surface area contributed by atoms with Gasteiger partial charge in [-0.15, -0.1) is 0 Å². The topological polar surface area (TPSA) is 93.7 Å². The summed E-state index contributed by atoms with van der Waals surface area (Å²) in [5.41, 5.74) is 1.43. The van der Waals surface area contributed by atoms with Crippen LogP contribution in [0, 0.1) is 5.82 Å². The van der Waals surface area contributed by atoms with E-state index in [-0.39, 0.29) is 41.5 Å². The van der Waals surface area contributed by atoms with E-state index >= 15 is 0 Å². The highest BCUT2D eigenvalue weighted by Gasteiger charge is 2.40. The SMILES string of the molecule is NOC(=O)c1ccc(N2CCC(n3ncc(C(=O)N4CCC(c5ccccc5C(F)(F)F)C4)c3C3CC3)CC2)c(F)c1. The molecule has 3 aromatic rings. The number of carbonyl (C=O) groups excluding carboxylic acids is 2. The van der Waals surface area contributed by atoms with Crippen LogP contribution in [0.3, 0.4) is 0 Å². The number of amides is 1. The lowest BCUT2D eigenvalue weighted by atomic mass is 9.93. The molecule has 3 aliphatic rings.